The second kappa shape index (κ2) is 10.3. The Hall–Kier alpha value is -2.02. The van der Waals surface area contributed by atoms with Crippen LogP contribution in [-0.4, -0.2) is 43.2 Å². The number of guanidine groups is 1. The number of halogens is 2. The van der Waals surface area contributed by atoms with Crippen molar-refractivity contribution in [2.45, 2.75) is 19.6 Å². The van der Waals surface area contributed by atoms with Gasteiger partial charge >= 0.3 is 0 Å². The fourth-order valence-electron chi connectivity index (χ4n) is 2.54. The van der Waals surface area contributed by atoms with E-state index in [1.807, 2.05) is 38.1 Å². The summed E-state index contributed by atoms with van der Waals surface area (Å²) >= 11 is 12.0. The molecule has 0 aliphatic rings. The molecule has 1 heterocycles. The van der Waals surface area contributed by atoms with Crippen LogP contribution in [0.25, 0.3) is 0 Å². The minimum Gasteiger partial charge on any atom is -0.387 e. The van der Waals surface area contributed by atoms with E-state index in [1.165, 1.54) is 0 Å². The number of aliphatic hydroxyl groups excluding tert-OH is 1. The van der Waals surface area contributed by atoms with Gasteiger partial charge in [0.05, 0.1) is 12.6 Å². The fourth-order valence-corrected chi connectivity index (χ4v) is 3.08. The van der Waals surface area contributed by atoms with Gasteiger partial charge in [0.1, 0.15) is 5.82 Å². The Labute approximate surface area is 170 Å². The van der Waals surface area contributed by atoms with Crippen LogP contribution in [0.5, 0.6) is 0 Å². The van der Waals surface area contributed by atoms with Gasteiger partial charge in [-0.1, -0.05) is 29.3 Å². The molecule has 1 aromatic heterocycles. The third kappa shape index (κ3) is 6.57. The van der Waals surface area contributed by atoms with Gasteiger partial charge in [-0.3, -0.25) is 0 Å². The number of hydrogen-bond acceptors (Lipinski definition) is 4. The number of aromatic nitrogens is 1. The van der Waals surface area contributed by atoms with Gasteiger partial charge in [0, 0.05) is 49.0 Å². The van der Waals surface area contributed by atoms with Crippen molar-refractivity contribution in [1.82, 2.24) is 15.6 Å². The normalized spacial score (nSPS) is 12.6. The third-order valence-electron chi connectivity index (χ3n) is 3.78. The summed E-state index contributed by atoms with van der Waals surface area (Å²) in [6.07, 6.45) is 0.999. The van der Waals surface area contributed by atoms with E-state index in [2.05, 4.69) is 20.6 Å². The molecule has 0 aliphatic carbocycles. The highest BCUT2D eigenvalue weighted by Crippen LogP contribution is 2.23. The molecule has 1 unspecified atom stereocenters. The van der Waals surface area contributed by atoms with Gasteiger partial charge < -0.3 is 20.6 Å². The van der Waals surface area contributed by atoms with Gasteiger partial charge in [0.2, 0.25) is 0 Å². The number of hydrogen-bond donors (Lipinski definition) is 3. The number of rotatable bonds is 7. The molecule has 2 aromatic rings. The predicted octanol–water partition coefficient (Wildman–Crippen LogP) is 3.24. The van der Waals surface area contributed by atoms with Gasteiger partial charge in [-0.25, -0.2) is 9.98 Å². The molecule has 3 N–H and O–H groups in total. The first-order chi connectivity index (χ1) is 12.9. The Balaban J connectivity index is 2.05. The van der Waals surface area contributed by atoms with E-state index in [4.69, 9.17) is 23.2 Å². The minimum absolute atomic E-state index is 0.274. The Morgan fingerprint density at radius 1 is 1.22 bits per heavy atom. The summed E-state index contributed by atoms with van der Waals surface area (Å²) in [7, 11) is 3.90. The average molecular weight is 410 g/mol. The molecule has 2 rings (SSSR count). The molecule has 27 heavy (non-hydrogen) atoms. The molecule has 0 saturated heterocycles. The Kier molecular flexibility index (Phi) is 8.16. The molecule has 0 amide bonds. The smallest absolute Gasteiger partial charge is 0.191 e. The van der Waals surface area contributed by atoms with Crippen LogP contribution in [0.15, 0.2) is 41.5 Å². The highest BCUT2D eigenvalue weighted by atomic mass is 35.5. The molecule has 0 spiro atoms. The van der Waals surface area contributed by atoms with Crippen molar-refractivity contribution in [2.75, 3.05) is 32.1 Å². The summed E-state index contributed by atoms with van der Waals surface area (Å²) < 4.78 is 0. The molecule has 1 aromatic carbocycles. The summed E-state index contributed by atoms with van der Waals surface area (Å²) in [6.45, 7) is 3.43. The number of pyridine rings is 1. The van der Waals surface area contributed by atoms with Crippen LogP contribution >= 0.6 is 23.2 Å². The molecule has 0 radical (unpaired) electrons. The quantitative estimate of drug-likeness (QED) is 0.483. The number of aliphatic imine (C=N–C) groups is 1. The lowest BCUT2D eigenvalue weighted by molar-refractivity contribution is 0.181. The monoisotopic (exact) mass is 409 g/mol. The number of anilines is 1. The highest BCUT2D eigenvalue weighted by molar-refractivity contribution is 6.34. The second-order valence-electron chi connectivity index (χ2n) is 6.18. The van der Waals surface area contributed by atoms with Crippen LogP contribution in [0, 0.1) is 0 Å². The zero-order valence-corrected chi connectivity index (χ0v) is 17.2. The van der Waals surface area contributed by atoms with Crippen LogP contribution in [-0.2, 0) is 6.54 Å². The Morgan fingerprint density at radius 3 is 2.56 bits per heavy atom. The van der Waals surface area contributed by atoms with Crippen LogP contribution in [0.3, 0.4) is 0 Å². The van der Waals surface area contributed by atoms with Crippen LogP contribution in [0.4, 0.5) is 5.82 Å². The summed E-state index contributed by atoms with van der Waals surface area (Å²) in [4.78, 5) is 10.9. The van der Waals surface area contributed by atoms with E-state index >= 15 is 0 Å². The minimum atomic E-state index is -0.763. The van der Waals surface area contributed by atoms with Gasteiger partial charge in [0.15, 0.2) is 5.96 Å². The average Bonchev–Trinajstić information content (AvgIpc) is 2.63. The van der Waals surface area contributed by atoms with Crippen molar-refractivity contribution in [1.29, 1.82) is 0 Å². The first-order valence-electron chi connectivity index (χ1n) is 8.68. The lowest BCUT2D eigenvalue weighted by Gasteiger charge is -2.17. The van der Waals surface area contributed by atoms with Crippen molar-refractivity contribution >= 4 is 35.0 Å². The van der Waals surface area contributed by atoms with Crippen LogP contribution in [0.2, 0.25) is 10.0 Å². The maximum atomic E-state index is 10.4. The molecule has 6 nitrogen and oxygen atoms in total. The lowest BCUT2D eigenvalue weighted by Crippen LogP contribution is -2.39. The molecule has 8 heteroatoms. The third-order valence-corrected chi connectivity index (χ3v) is 4.21. The van der Waals surface area contributed by atoms with E-state index in [-0.39, 0.29) is 6.54 Å². The first-order valence-corrected chi connectivity index (χ1v) is 9.43. The van der Waals surface area contributed by atoms with E-state index in [9.17, 15) is 5.11 Å². The maximum Gasteiger partial charge on any atom is 0.191 e. The standard InChI is InChI=1S/C19H25Cl2N5O/c1-4-22-19(24-11-13-6-5-7-23-18(13)26(2)3)25-12-17(27)14-8-15(20)10-16(21)9-14/h5-10,17,27H,4,11-12H2,1-3H3,(H2,22,24,25). The van der Waals surface area contributed by atoms with Gasteiger partial charge in [0.25, 0.3) is 0 Å². The molecule has 0 aliphatic heterocycles. The summed E-state index contributed by atoms with van der Waals surface area (Å²) in [5.74, 6) is 1.49. The molecule has 0 bridgehead atoms. The summed E-state index contributed by atoms with van der Waals surface area (Å²) in [5.41, 5.74) is 1.67. The molecule has 0 fully saturated rings. The number of aliphatic hydroxyl groups is 1. The molecule has 1 atom stereocenters. The van der Waals surface area contributed by atoms with Gasteiger partial charge in [-0.05, 0) is 36.8 Å². The van der Waals surface area contributed by atoms with Crippen LogP contribution in [0.1, 0.15) is 24.2 Å². The van der Waals surface area contributed by atoms with E-state index < -0.39 is 6.10 Å². The number of benzene rings is 1. The lowest BCUT2D eigenvalue weighted by atomic mass is 10.1. The fraction of sp³-hybridized carbons (Fsp3) is 0.368. The van der Waals surface area contributed by atoms with Crippen molar-refractivity contribution < 1.29 is 5.11 Å². The summed E-state index contributed by atoms with van der Waals surface area (Å²) in [5, 5.41) is 17.7. The topological polar surface area (TPSA) is 72.8 Å². The van der Waals surface area contributed by atoms with Crippen molar-refractivity contribution in [2.24, 2.45) is 4.99 Å². The number of nitrogens with zero attached hydrogens (tertiary/aromatic N) is 3. The zero-order chi connectivity index (χ0) is 19.8. The van der Waals surface area contributed by atoms with Crippen molar-refractivity contribution in [3.8, 4) is 0 Å². The highest BCUT2D eigenvalue weighted by Gasteiger charge is 2.11. The van der Waals surface area contributed by atoms with Crippen molar-refractivity contribution in [3.63, 3.8) is 0 Å². The molecular formula is C19H25Cl2N5O. The van der Waals surface area contributed by atoms with Gasteiger partial charge in [-0.15, -0.1) is 0 Å². The SMILES string of the molecule is CCNC(=NCc1cccnc1N(C)C)NCC(O)c1cc(Cl)cc(Cl)c1. The van der Waals surface area contributed by atoms with E-state index in [0.717, 1.165) is 11.4 Å². The second-order valence-corrected chi connectivity index (χ2v) is 7.05. The van der Waals surface area contributed by atoms with Gasteiger partial charge in [-0.2, -0.15) is 0 Å². The molecule has 146 valence electrons. The van der Waals surface area contributed by atoms with Crippen molar-refractivity contribution in [3.05, 3.63) is 57.7 Å². The number of nitrogens with one attached hydrogen (secondary N) is 2. The van der Waals surface area contributed by atoms with Crippen LogP contribution < -0.4 is 15.5 Å². The molecular weight excluding hydrogens is 385 g/mol. The zero-order valence-electron chi connectivity index (χ0n) is 15.7. The Morgan fingerprint density at radius 2 is 1.93 bits per heavy atom. The molecule has 0 saturated carbocycles. The first kappa shape index (κ1) is 21.3. The predicted molar refractivity (Wildman–Crippen MR) is 113 cm³/mol. The largest absolute Gasteiger partial charge is 0.387 e. The van der Waals surface area contributed by atoms with E-state index in [0.29, 0.717) is 34.7 Å². The Bertz CT molecular complexity index is 762. The summed E-state index contributed by atoms with van der Waals surface area (Å²) in [6, 6.07) is 8.92. The maximum absolute atomic E-state index is 10.4. The van der Waals surface area contributed by atoms with E-state index in [1.54, 1.807) is 24.4 Å².